The molecule has 6 nitrogen and oxygen atoms in total. The molecule has 1 atom stereocenters. The zero-order valence-corrected chi connectivity index (χ0v) is 21.3. The van der Waals surface area contributed by atoms with Gasteiger partial charge in [-0.1, -0.05) is 79.3 Å². The van der Waals surface area contributed by atoms with E-state index in [-0.39, 0.29) is 11.3 Å². The van der Waals surface area contributed by atoms with E-state index >= 15 is 0 Å². The molecule has 1 aliphatic rings. The summed E-state index contributed by atoms with van der Waals surface area (Å²) >= 11 is 1.31. The summed E-state index contributed by atoms with van der Waals surface area (Å²) in [5, 5.41) is 11.7. The number of ketones is 1. The summed E-state index contributed by atoms with van der Waals surface area (Å²) in [5.74, 6) is -0.635. The van der Waals surface area contributed by atoms with Crippen molar-refractivity contribution in [2.24, 2.45) is 0 Å². The number of thiazole rings is 1. The van der Waals surface area contributed by atoms with E-state index in [4.69, 9.17) is 4.74 Å². The van der Waals surface area contributed by atoms with Crippen LogP contribution in [0, 0.1) is 6.92 Å². The van der Waals surface area contributed by atoms with Gasteiger partial charge in [-0.2, -0.15) is 0 Å². The van der Waals surface area contributed by atoms with Crippen molar-refractivity contribution >= 4 is 44.1 Å². The smallest absolute Gasteiger partial charge is 0.301 e. The summed E-state index contributed by atoms with van der Waals surface area (Å²) in [6, 6.07) is 19.7. The van der Waals surface area contributed by atoms with Crippen LogP contribution in [0.5, 0.6) is 5.75 Å². The maximum absolute atomic E-state index is 13.4. The monoisotopic (exact) mass is 498 g/mol. The third kappa shape index (κ3) is 4.05. The molecule has 1 amide bonds. The number of methoxy groups -OCH3 is 1. The number of aromatic nitrogens is 1. The van der Waals surface area contributed by atoms with Crippen molar-refractivity contribution in [2.75, 3.05) is 12.0 Å². The number of aryl methyl sites for hydroxylation is 1. The molecule has 1 N–H and O–H groups in total. The first-order valence-corrected chi connectivity index (χ1v) is 12.5. The SMILES string of the molecule is COc1ccc2nc(N3C(=O)C(=O)C(=C(O)c4ccc(C)cc4)C3c3ccc(C(C)C)cc3)sc2c1. The standard InChI is InChI=1S/C29H26N2O4S/c1-16(2)18-9-11-19(12-10-18)25-24(26(32)20-7-5-17(3)6-8-20)27(33)28(34)31(25)29-30-22-14-13-21(35-4)15-23(22)36-29/h5-16,25,32H,1-4H3. The number of amides is 1. The lowest BCUT2D eigenvalue weighted by Gasteiger charge is -2.23. The molecule has 36 heavy (non-hydrogen) atoms. The fraction of sp³-hybridized carbons (Fsp3) is 0.207. The van der Waals surface area contributed by atoms with Gasteiger partial charge in [-0.05, 0) is 42.2 Å². The summed E-state index contributed by atoms with van der Waals surface area (Å²) in [7, 11) is 1.59. The largest absolute Gasteiger partial charge is 0.507 e. The Morgan fingerprint density at radius 2 is 1.72 bits per heavy atom. The van der Waals surface area contributed by atoms with E-state index in [0.717, 1.165) is 21.4 Å². The third-order valence-corrected chi connectivity index (χ3v) is 7.50. The summed E-state index contributed by atoms with van der Waals surface area (Å²) in [4.78, 5) is 32.9. The van der Waals surface area contributed by atoms with Crippen LogP contribution in [0.25, 0.3) is 16.0 Å². The highest BCUT2D eigenvalue weighted by molar-refractivity contribution is 7.22. The first-order valence-electron chi connectivity index (χ1n) is 11.7. The second-order valence-corrected chi connectivity index (χ2v) is 10.2. The van der Waals surface area contributed by atoms with Gasteiger partial charge >= 0.3 is 5.91 Å². The van der Waals surface area contributed by atoms with Crippen LogP contribution in [0.2, 0.25) is 0 Å². The third-order valence-electron chi connectivity index (χ3n) is 6.48. The molecule has 1 aromatic heterocycles. The minimum absolute atomic E-state index is 0.0537. The number of Topliss-reactive ketones (excluding diaryl/α,β-unsaturated/α-hetero) is 1. The molecule has 7 heteroatoms. The Morgan fingerprint density at radius 3 is 2.36 bits per heavy atom. The topological polar surface area (TPSA) is 79.7 Å². The van der Waals surface area contributed by atoms with Crippen LogP contribution >= 0.6 is 11.3 Å². The van der Waals surface area contributed by atoms with E-state index < -0.39 is 17.7 Å². The molecular weight excluding hydrogens is 472 g/mol. The number of benzene rings is 3. The van der Waals surface area contributed by atoms with Crippen molar-refractivity contribution in [3.8, 4) is 5.75 Å². The molecule has 1 aliphatic heterocycles. The molecule has 0 saturated carbocycles. The molecule has 1 unspecified atom stereocenters. The van der Waals surface area contributed by atoms with Crippen LogP contribution in [-0.4, -0.2) is 28.9 Å². The highest BCUT2D eigenvalue weighted by Crippen LogP contribution is 2.44. The van der Waals surface area contributed by atoms with Crippen LogP contribution in [0.1, 0.15) is 48.1 Å². The van der Waals surface area contributed by atoms with Crippen LogP contribution in [0.3, 0.4) is 0 Å². The number of carbonyl (C=O) groups excluding carboxylic acids is 2. The molecule has 5 rings (SSSR count). The zero-order valence-electron chi connectivity index (χ0n) is 20.5. The van der Waals surface area contributed by atoms with E-state index in [9.17, 15) is 14.7 Å². The maximum Gasteiger partial charge on any atom is 0.301 e. The van der Waals surface area contributed by atoms with E-state index in [1.165, 1.54) is 16.2 Å². The lowest BCUT2D eigenvalue weighted by atomic mass is 9.93. The minimum atomic E-state index is -0.810. The van der Waals surface area contributed by atoms with Crippen molar-refractivity contribution in [1.82, 2.24) is 4.98 Å². The van der Waals surface area contributed by atoms with Gasteiger partial charge in [-0.25, -0.2) is 4.98 Å². The predicted molar refractivity (Wildman–Crippen MR) is 143 cm³/mol. The summed E-state index contributed by atoms with van der Waals surface area (Å²) < 4.78 is 6.16. The fourth-order valence-electron chi connectivity index (χ4n) is 4.40. The minimum Gasteiger partial charge on any atom is -0.507 e. The van der Waals surface area contributed by atoms with E-state index in [1.54, 1.807) is 25.3 Å². The van der Waals surface area contributed by atoms with Gasteiger partial charge < -0.3 is 9.84 Å². The quantitative estimate of drug-likeness (QED) is 0.197. The summed E-state index contributed by atoms with van der Waals surface area (Å²) in [6.45, 7) is 6.16. The van der Waals surface area contributed by atoms with Gasteiger partial charge in [0.2, 0.25) is 0 Å². The maximum atomic E-state index is 13.4. The van der Waals surface area contributed by atoms with Gasteiger partial charge in [0.15, 0.2) is 5.13 Å². The zero-order chi connectivity index (χ0) is 25.6. The first kappa shape index (κ1) is 23.8. The summed E-state index contributed by atoms with van der Waals surface area (Å²) in [5.41, 5.74) is 4.13. The molecule has 0 bridgehead atoms. The van der Waals surface area contributed by atoms with Gasteiger partial charge in [-0.15, -0.1) is 0 Å². The number of nitrogens with zero attached hydrogens (tertiary/aromatic N) is 2. The highest BCUT2D eigenvalue weighted by atomic mass is 32.1. The Bertz CT molecular complexity index is 1500. The van der Waals surface area contributed by atoms with Crippen LogP contribution in [-0.2, 0) is 9.59 Å². The van der Waals surface area contributed by atoms with Gasteiger partial charge in [0.05, 0.1) is 28.9 Å². The second kappa shape index (κ2) is 9.24. The average molecular weight is 499 g/mol. The van der Waals surface area contributed by atoms with Gasteiger partial charge in [0, 0.05) is 5.56 Å². The van der Waals surface area contributed by atoms with E-state index in [2.05, 4.69) is 18.8 Å². The number of hydrogen-bond donors (Lipinski definition) is 1. The summed E-state index contributed by atoms with van der Waals surface area (Å²) in [6.07, 6.45) is 0. The molecule has 4 aromatic rings. The Balaban J connectivity index is 1.70. The molecule has 182 valence electrons. The molecule has 1 saturated heterocycles. The Hall–Kier alpha value is -3.97. The number of anilines is 1. The van der Waals surface area contributed by atoms with Gasteiger partial charge in [-0.3, -0.25) is 14.5 Å². The van der Waals surface area contributed by atoms with Gasteiger partial charge in [0.1, 0.15) is 11.5 Å². The van der Waals surface area contributed by atoms with E-state index in [0.29, 0.717) is 27.9 Å². The number of carbonyl (C=O) groups is 2. The van der Waals surface area contributed by atoms with Gasteiger partial charge in [0.25, 0.3) is 5.78 Å². The van der Waals surface area contributed by atoms with Crippen LogP contribution in [0.15, 0.2) is 72.3 Å². The van der Waals surface area contributed by atoms with Crippen LogP contribution < -0.4 is 9.64 Å². The van der Waals surface area contributed by atoms with Crippen molar-refractivity contribution in [2.45, 2.75) is 32.7 Å². The number of ether oxygens (including phenoxy) is 1. The average Bonchev–Trinajstić information content (AvgIpc) is 3.41. The molecule has 0 radical (unpaired) electrons. The lowest BCUT2D eigenvalue weighted by Crippen LogP contribution is -2.29. The highest BCUT2D eigenvalue weighted by Gasteiger charge is 2.48. The molecule has 2 heterocycles. The van der Waals surface area contributed by atoms with Crippen molar-refractivity contribution in [1.29, 1.82) is 0 Å². The van der Waals surface area contributed by atoms with Crippen molar-refractivity contribution in [3.63, 3.8) is 0 Å². The molecule has 3 aromatic carbocycles. The Labute approximate surface area is 213 Å². The normalized spacial score (nSPS) is 17.4. The van der Waals surface area contributed by atoms with Crippen molar-refractivity contribution < 1.29 is 19.4 Å². The second-order valence-electron chi connectivity index (χ2n) is 9.19. The van der Waals surface area contributed by atoms with Crippen LogP contribution in [0.4, 0.5) is 5.13 Å². The molecule has 0 spiro atoms. The Morgan fingerprint density at radius 1 is 1.03 bits per heavy atom. The number of hydrogen-bond acceptors (Lipinski definition) is 6. The number of rotatable bonds is 5. The number of aliphatic hydroxyl groups is 1. The molecule has 0 aliphatic carbocycles. The molecular formula is C29H26N2O4S. The number of aliphatic hydroxyl groups excluding tert-OH is 1. The van der Waals surface area contributed by atoms with Crippen molar-refractivity contribution in [3.05, 3.63) is 94.6 Å². The number of fused-ring (bicyclic) bond motifs is 1. The first-order chi connectivity index (χ1) is 17.3. The lowest BCUT2D eigenvalue weighted by molar-refractivity contribution is -0.132. The molecule has 1 fully saturated rings. The fourth-order valence-corrected chi connectivity index (χ4v) is 5.42. The Kier molecular flexibility index (Phi) is 6.10. The van der Waals surface area contributed by atoms with E-state index in [1.807, 2.05) is 55.5 Å². The predicted octanol–water partition coefficient (Wildman–Crippen LogP) is 6.36.